The summed E-state index contributed by atoms with van der Waals surface area (Å²) in [5.41, 5.74) is 2.84. The predicted molar refractivity (Wildman–Crippen MR) is 108 cm³/mol. The molecule has 6 nitrogen and oxygen atoms in total. The number of benzene rings is 2. The van der Waals surface area contributed by atoms with Gasteiger partial charge in [-0.2, -0.15) is 8.78 Å². The first-order valence-electron chi connectivity index (χ1n) is 9.45. The molecule has 0 spiro atoms. The van der Waals surface area contributed by atoms with Gasteiger partial charge < -0.3 is 19.7 Å². The molecule has 0 unspecified atom stereocenters. The van der Waals surface area contributed by atoms with E-state index in [1.807, 2.05) is 24.1 Å². The monoisotopic (exact) mass is 405 g/mol. The fraction of sp³-hybridized carbons (Fsp3) is 0.381. The molecule has 8 heteroatoms. The van der Waals surface area contributed by atoms with Crippen molar-refractivity contribution < 1.29 is 23.0 Å². The number of rotatable bonds is 8. The number of alkyl halides is 2. The van der Waals surface area contributed by atoms with Gasteiger partial charge in [0.15, 0.2) is 0 Å². The summed E-state index contributed by atoms with van der Waals surface area (Å²) in [5.74, 6) is -0.131. The molecule has 1 aliphatic heterocycles. The second kappa shape index (κ2) is 10.2. The molecule has 156 valence electrons. The van der Waals surface area contributed by atoms with Crippen LogP contribution in [0.15, 0.2) is 48.5 Å². The second-order valence-corrected chi connectivity index (χ2v) is 6.85. The first-order valence-corrected chi connectivity index (χ1v) is 9.45. The number of hydrogen-bond acceptors (Lipinski definition) is 5. The molecule has 0 radical (unpaired) electrons. The highest BCUT2D eigenvalue weighted by Gasteiger charge is 2.16. The number of amides is 1. The first-order chi connectivity index (χ1) is 14.0. The summed E-state index contributed by atoms with van der Waals surface area (Å²) >= 11 is 0. The van der Waals surface area contributed by atoms with Crippen LogP contribution in [-0.4, -0.2) is 57.3 Å². The fourth-order valence-corrected chi connectivity index (χ4v) is 3.27. The van der Waals surface area contributed by atoms with Gasteiger partial charge in [-0.05, 0) is 42.9 Å². The Morgan fingerprint density at radius 3 is 2.55 bits per heavy atom. The van der Waals surface area contributed by atoms with Crippen LogP contribution in [0.5, 0.6) is 5.75 Å². The third-order valence-corrected chi connectivity index (χ3v) is 4.56. The first kappa shape index (κ1) is 21.0. The van der Waals surface area contributed by atoms with Gasteiger partial charge in [0.2, 0.25) is 5.91 Å². The largest absolute Gasteiger partial charge is 0.435 e. The molecule has 1 fully saturated rings. The highest BCUT2D eigenvalue weighted by atomic mass is 19.3. The molecular weight excluding hydrogens is 380 g/mol. The number of likely N-dealkylation sites (N-methyl/N-ethyl adjacent to an activating group) is 1. The summed E-state index contributed by atoms with van der Waals surface area (Å²) in [7, 11) is 1.88. The minimum Gasteiger partial charge on any atom is -0.435 e. The Morgan fingerprint density at radius 1 is 1.17 bits per heavy atom. The van der Waals surface area contributed by atoms with Crippen LogP contribution in [0.4, 0.5) is 20.2 Å². The van der Waals surface area contributed by atoms with Crippen molar-refractivity contribution in [2.45, 2.75) is 13.2 Å². The van der Waals surface area contributed by atoms with Gasteiger partial charge in [-0.1, -0.05) is 18.2 Å². The smallest absolute Gasteiger partial charge is 0.387 e. The summed E-state index contributed by atoms with van der Waals surface area (Å²) in [5, 5.41) is 2.77. The van der Waals surface area contributed by atoms with Crippen molar-refractivity contribution in [2.24, 2.45) is 0 Å². The number of para-hydroxylation sites is 1. The number of nitrogens with zero attached hydrogens (tertiary/aromatic N) is 2. The summed E-state index contributed by atoms with van der Waals surface area (Å²) < 4.78 is 34.1. The number of nitrogens with one attached hydrogen (secondary N) is 1. The number of anilines is 2. The minimum absolute atomic E-state index is 0.0508. The lowest BCUT2D eigenvalue weighted by atomic mass is 10.1. The molecule has 29 heavy (non-hydrogen) atoms. The third-order valence-electron chi connectivity index (χ3n) is 4.56. The zero-order valence-corrected chi connectivity index (χ0v) is 16.3. The van der Waals surface area contributed by atoms with E-state index in [1.54, 1.807) is 0 Å². The van der Waals surface area contributed by atoms with E-state index in [0.29, 0.717) is 25.4 Å². The topological polar surface area (TPSA) is 54.0 Å². The van der Waals surface area contributed by atoms with E-state index in [2.05, 4.69) is 27.1 Å². The van der Waals surface area contributed by atoms with Gasteiger partial charge in [0.25, 0.3) is 0 Å². The van der Waals surface area contributed by atoms with Gasteiger partial charge in [0.1, 0.15) is 5.75 Å². The number of carbonyl (C=O) groups excluding carboxylic acids is 1. The van der Waals surface area contributed by atoms with Crippen LogP contribution < -0.4 is 15.0 Å². The summed E-state index contributed by atoms with van der Waals surface area (Å²) in [6, 6.07) is 14.0. The molecule has 2 aromatic rings. The van der Waals surface area contributed by atoms with Crippen LogP contribution in [0.25, 0.3) is 0 Å². The van der Waals surface area contributed by atoms with Crippen molar-refractivity contribution in [1.82, 2.24) is 4.90 Å². The third kappa shape index (κ3) is 6.40. The lowest BCUT2D eigenvalue weighted by Crippen LogP contribution is -2.37. The Kier molecular flexibility index (Phi) is 7.37. The van der Waals surface area contributed by atoms with Crippen molar-refractivity contribution in [3.63, 3.8) is 0 Å². The fourth-order valence-electron chi connectivity index (χ4n) is 3.27. The van der Waals surface area contributed by atoms with Crippen molar-refractivity contribution in [3.05, 3.63) is 54.1 Å². The molecule has 0 saturated carbocycles. The Morgan fingerprint density at radius 2 is 1.86 bits per heavy atom. The number of ether oxygens (including phenoxy) is 2. The van der Waals surface area contributed by atoms with Gasteiger partial charge in [-0.25, -0.2) is 0 Å². The minimum atomic E-state index is -2.87. The highest BCUT2D eigenvalue weighted by molar-refractivity contribution is 5.92. The van der Waals surface area contributed by atoms with E-state index >= 15 is 0 Å². The van der Waals surface area contributed by atoms with Crippen molar-refractivity contribution in [3.8, 4) is 5.75 Å². The Bertz CT molecular complexity index is 796. The Labute approximate surface area is 169 Å². The Balaban J connectivity index is 1.54. The van der Waals surface area contributed by atoms with E-state index in [0.717, 1.165) is 24.3 Å². The predicted octanol–water partition coefficient (Wildman–Crippen LogP) is 3.20. The van der Waals surface area contributed by atoms with E-state index < -0.39 is 6.61 Å². The maximum atomic E-state index is 12.3. The van der Waals surface area contributed by atoms with Crippen LogP contribution in [-0.2, 0) is 16.1 Å². The van der Waals surface area contributed by atoms with Gasteiger partial charge >= 0.3 is 6.61 Å². The Hall–Kier alpha value is -2.71. The molecule has 0 bridgehead atoms. The zero-order chi connectivity index (χ0) is 20.6. The molecule has 0 atom stereocenters. The second-order valence-electron chi connectivity index (χ2n) is 6.85. The van der Waals surface area contributed by atoms with Crippen LogP contribution >= 0.6 is 0 Å². The summed E-state index contributed by atoms with van der Waals surface area (Å²) in [6.45, 7) is 1.10. The van der Waals surface area contributed by atoms with Crippen LogP contribution in [0.1, 0.15) is 5.56 Å². The molecule has 0 aliphatic carbocycles. The lowest BCUT2D eigenvalue weighted by Gasteiger charge is -2.31. The van der Waals surface area contributed by atoms with E-state index in [9.17, 15) is 13.6 Å². The average Bonchev–Trinajstić information content (AvgIpc) is 2.70. The molecular formula is C21H25F2N3O3. The van der Waals surface area contributed by atoms with Crippen molar-refractivity contribution in [2.75, 3.05) is 50.1 Å². The van der Waals surface area contributed by atoms with Crippen molar-refractivity contribution >= 4 is 17.3 Å². The number of halogens is 2. The number of carbonyl (C=O) groups is 1. The molecule has 1 heterocycles. The quantitative estimate of drug-likeness (QED) is 0.731. The molecule has 1 saturated heterocycles. The van der Waals surface area contributed by atoms with Gasteiger partial charge in [-0.3, -0.25) is 9.69 Å². The highest BCUT2D eigenvalue weighted by Crippen LogP contribution is 2.23. The van der Waals surface area contributed by atoms with Crippen LogP contribution in [0, 0.1) is 0 Å². The molecule has 1 aliphatic rings. The van der Waals surface area contributed by atoms with Crippen LogP contribution in [0.3, 0.4) is 0 Å². The number of morpholine rings is 1. The lowest BCUT2D eigenvalue weighted by molar-refractivity contribution is -0.117. The molecule has 1 amide bonds. The molecule has 0 aromatic heterocycles. The molecule has 2 aromatic carbocycles. The van der Waals surface area contributed by atoms with Gasteiger partial charge in [0.05, 0.1) is 19.8 Å². The standard InChI is InChI=1S/C21H25F2N3O3/c1-25(14-16-4-2-3-5-19(16)26-10-12-28-13-11-26)15-20(27)24-17-6-8-18(9-7-17)29-21(22)23/h2-9,21H,10-15H2,1H3,(H,24,27). The van der Waals surface area contributed by atoms with Gasteiger partial charge in [0, 0.05) is 31.0 Å². The summed E-state index contributed by atoms with van der Waals surface area (Å²) in [4.78, 5) is 16.6. The van der Waals surface area contributed by atoms with E-state index in [-0.39, 0.29) is 18.2 Å². The van der Waals surface area contributed by atoms with E-state index in [4.69, 9.17) is 4.74 Å². The summed E-state index contributed by atoms with van der Waals surface area (Å²) in [6.07, 6.45) is 0. The average molecular weight is 405 g/mol. The SMILES string of the molecule is CN(CC(=O)Nc1ccc(OC(F)F)cc1)Cc1ccccc1N1CCOCC1. The normalized spacial score (nSPS) is 14.3. The zero-order valence-electron chi connectivity index (χ0n) is 16.3. The maximum absolute atomic E-state index is 12.3. The van der Waals surface area contributed by atoms with Crippen LogP contribution in [0.2, 0.25) is 0 Å². The number of hydrogen-bond donors (Lipinski definition) is 1. The van der Waals surface area contributed by atoms with E-state index in [1.165, 1.54) is 24.3 Å². The van der Waals surface area contributed by atoms with Gasteiger partial charge in [-0.15, -0.1) is 0 Å². The van der Waals surface area contributed by atoms with Crippen molar-refractivity contribution in [1.29, 1.82) is 0 Å². The molecule has 1 N–H and O–H groups in total. The molecule has 3 rings (SSSR count). The maximum Gasteiger partial charge on any atom is 0.387 e.